The van der Waals surface area contributed by atoms with Crippen molar-refractivity contribution in [2.75, 3.05) is 19.6 Å². The molecule has 2 heterocycles. The first kappa shape index (κ1) is 17.7. The van der Waals surface area contributed by atoms with E-state index in [0.717, 1.165) is 49.8 Å². The van der Waals surface area contributed by atoms with Crippen LogP contribution in [0.5, 0.6) is 0 Å². The highest BCUT2D eigenvalue weighted by Gasteiger charge is 2.12. The number of nitrogens with one attached hydrogen (secondary N) is 1. The first-order valence-corrected chi connectivity index (χ1v) is 9.86. The maximum atomic E-state index is 11.1. The molecule has 27 heavy (non-hydrogen) atoms. The van der Waals surface area contributed by atoms with Crippen LogP contribution in [0.4, 0.5) is 0 Å². The number of hydrogen-bond donors (Lipinski definition) is 1. The van der Waals surface area contributed by atoms with Crippen LogP contribution in [0.3, 0.4) is 0 Å². The Morgan fingerprint density at radius 2 is 1.93 bits per heavy atom. The van der Waals surface area contributed by atoms with Crippen molar-refractivity contribution in [1.29, 1.82) is 0 Å². The van der Waals surface area contributed by atoms with Crippen molar-refractivity contribution in [1.82, 2.24) is 9.88 Å². The van der Waals surface area contributed by atoms with Crippen molar-refractivity contribution in [3.05, 3.63) is 77.5 Å². The van der Waals surface area contributed by atoms with Gasteiger partial charge < -0.3 is 4.98 Å². The Hall–Kier alpha value is -2.65. The number of fused-ring (bicyclic) bond motifs is 1. The maximum absolute atomic E-state index is 11.1. The van der Waals surface area contributed by atoms with E-state index >= 15 is 0 Å². The van der Waals surface area contributed by atoms with Gasteiger partial charge in [0.05, 0.1) is 5.52 Å². The zero-order valence-corrected chi connectivity index (χ0v) is 15.7. The summed E-state index contributed by atoms with van der Waals surface area (Å²) in [6.07, 6.45) is 9.95. The molecule has 3 aromatic rings. The van der Waals surface area contributed by atoms with Crippen LogP contribution in [-0.2, 0) is 6.42 Å². The number of para-hydroxylation sites is 1. The molecule has 138 valence electrons. The van der Waals surface area contributed by atoms with Crippen LogP contribution in [-0.4, -0.2) is 35.8 Å². The summed E-state index contributed by atoms with van der Waals surface area (Å²) in [6.45, 7) is 3.36. The van der Waals surface area contributed by atoms with Crippen LogP contribution in [0.1, 0.15) is 40.7 Å². The summed E-state index contributed by atoms with van der Waals surface area (Å²) in [5.41, 5.74) is 5.88. The summed E-state index contributed by atoms with van der Waals surface area (Å²) in [6, 6.07) is 16.7. The summed E-state index contributed by atoms with van der Waals surface area (Å²) in [5.74, 6) is 0. The highest BCUT2D eigenvalue weighted by atomic mass is 16.1. The molecule has 4 rings (SSSR count). The quantitative estimate of drug-likeness (QED) is 0.471. The third-order valence-corrected chi connectivity index (χ3v) is 5.57. The normalized spacial score (nSPS) is 15.0. The van der Waals surface area contributed by atoms with Gasteiger partial charge in [-0.1, -0.05) is 48.5 Å². The van der Waals surface area contributed by atoms with Gasteiger partial charge in [-0.3, -0.25) is 9.69 Å². The second-order valence-corrected chi connectivity index (χ2v) is 7.30. The number of aldehydes is 1. The Bertz CT molecular complexity index is 939. The minimum absolute atomic E-state index is 0.744. The van der Waals surface area contributed by atoms with E-state index in [9.17, 15) is 4.79 Å². The molecule has 0 atom stereocenters. The van der Waals surface area contributed by atoms with E-state index < -0.39 is 0 Å². The zero-order chi connectivity index (χ0) is 18.5. The van der Waals surface area contributed by atoms with E-state index in [1.54, 1.807) is 0 Å². The van der Waals surface area contributed by atoms with E-state index in [4.69, 9.17) is 0 Å². The highest BCUT2D eigenvalue weighted by molar-refractivity contribution is 5.97. The lowest BCUT2D eigenvalue weighted by molar-refractivity contribution is 0.112. The Labute approximate surface area is 160 Å². The number of aromatic nitrogens is 1. The number of unbranched alkanes of at least 4 members (excludes halogenated alkanes) is 1. The summed E-state index contributed by atoms with van der Waals surface area (Å²) >= 11 is 0. The van der Waals surface area contributed by atoms with Gasteiger partial charge >= 0.3 is 0 Å². The fourth-order valence-corrected chi connectivity index (χ4v) is 4.02. The second-order valence-electron chi connectivity index (χ2n) is 7.30. The van der Waals surface area contributed by atoms with E-state index in [2.05, 4.69) is 58.6 Å². The number of aryl methyl sites for hydroxylation is 1. The summed E-state index contributed by atoms with van der Waals surface area (Å²) < 4.78 is 0. The monoisotopic (exact) mass is 358 g/mol. The number of H-pyrrole nitrogens is 1. The molecular weight excluding hydrogens is 332 g/mol. The molecule has 3 nitrogen and oxygen atoms in total. The van der Waals surface area contributed by atoms with Crippen LogP contribution < -0.4 is 0 Å². The standard InChI is InChI=1S/C24H26N2O/c27-18-22-10-6-11-23-21(17-25-24(22)23)9-4-5-14-26-15-12-20(13-16-26)19-7-2-1-3-8-19/h1-3,6-8,10-12,17-18,25H,4-5,9,13-16H2. The summed E-state index contributed by atoms with van der Waals surface area (Å²) in [5, 5.41) is 1.19. The van der Waals surface area contributed by atoms with Gasteiger partial charge in [-0.15, -0.1) is 0 Å². The number of nitrogens with zero attached hydrogens (tertiary/aromatic N) is 1. The van der Waals surface area contributed by atoms with Gasteiger partial charge in [-0.25, -0.2) is 0 Å². The van der Waals surface area contributed by atoms with Gasteiger partial charge in [-0.05, 0) is 55.0 Å². The molecule has 0 saturated heterocycles. The molecule has 0 unspecified atom stereocenters. The lowest BCUT2D eigenvalue weighted by Gasteiger charge is -2.26. The number of carbonyl (C=O) groups is 1. The Balaban J connectivity index is 1.27. The molecule has 0 aliphatic carbocycles. The van der Waals surface area contributed by atoms with E-state index in [1.807, 2.05) is 12.1 Å². The molecule has 1 aromatic heterocycles. The van der Waals surface area contributed by atoms with Crippen LogP contribution >= 0.6 is 0 Å². The van der Waals surface area contributed by atoms with E-state index in [1.165, 1.54) is 34.9 Å². The summed E-state index contributed by atoms with van der Waals surface area (Å²) in [4.78, 5) is 17.0. The van der Waals surface area contributed by atoms with Gasteiger partial charge in [0.15, 0.2) is 6.29 Å². The molecule has 1 aliphatic heterocycles. The van der Waals surface area contributed by atoms with E-state index in [-0.39, 0.29) is 0 Å². The molecule has 0 spiro atoms. The van der Waals surface area contributed by atoms with Crippen molar-refractivity contribution < 1.29 is 4.79 Å². The maximum Gasteiger partial charge on any atom is 0.152 e. The predicted molar refractivity (Wildman–Crippen MR) is 112 cm³/mol. The van der Waals surface area contributed by atoms with Crippen molar-refractivity contribution in [2.24, 2.45) is 0 Å². The fourth-order valence-electron chi connectivity index (χ4n) is 4.02. The van der Waals surface area contributed by atoms with Crippen LogP contribution in [0.15, 0.2) is 60.8 Å². The van der Waals surface area contributed by atoms with Gasteiger partial charge in [0.1, 0.15) is 0 Å². The average Bonchev–Trinajstić information content (AvgIpc) is 3.15. The van der Waals surface area contributed by atoms with E-state index in [0.29, 0.717) is 0 Å². The Kier molecular flexibility index (Phi) is 5.50. The van der Waals surface area contributed by atoms with Gasteiger partial charge in [0.25, 0.3) is 0 Å². The minimum atomic E-state index is 0.744. The molecule has 2 aromatic carbocycles. The third kappa shape index (κ3) is 4.04. The largest absolute Gasteiger partial charge is 0.360 e. The topological polar surface area (TPSA) is 36.1 Å². The lowest BCUT2D eigenvalue weighted by atomic mass is 9.99. The molecule has 0 radical (unpaired) electrons. The number of hydrogen-bond acceptors (Lipinski definition) is 2. The Morgan fingerprint density at radius 3 is 2.70 bits per heavy atom. The number of benzene rings is 2. The number of carbonyl (C=O) groups excluding carboxylic acids is 1. The van der Waals surface area contributed by atoms with Crippen molar-refractivity contribution in [3.8, 4) is 0 Å². The fraction of sp³-hybridized carbons (Fsp3) is 0.292. The average molecular weight is 358 g/mol. The molecule has 0 fully saturated rings. The molecule has 1 N–H and O–H groups in total. The second kappa shape index (κ2) is 8.36. The molecular formula is C24H26N2O. The smallest absolute Gasteiger partial charge is 0.152 e. The van der Waals surface area contributed by atoms with Crippen LogP contribution in [0, 0.1) is 0 Å². The lowest BCUT2D eigenvalue weighted by Crippen LogP contribution is -2.29. The number of aromatic amines is 1. The predicted octanol–water partition coefficient (Wildman–Crippen LogP) is 5.09. The summed E-state index contributed by atoms with van der Waals surface area (Å²) in [7, 11) is 0. The SMILES string of the molecule is O=Cc1cccc2c(CCCCN3CC=C(c4ccccc4)CC3)c[nH]c12. The van der Waals surface area contributed by atoms with Crippen LogP contribution in [0.2, 0.25) is 0 Å². The minimum Gasteiger partial charge on any atom is -0.360 e. The first-order valence-electron chi connectivity index (χ1n) is 9.86. The van der Waals surface area contributed by atoms with Crippen molar-refractivity contribution in [2.45, 2.75) is 25.7 Å². The molecule has 0 bridgehead atoms. The Morgan fingerprint density at radius 1 is 1.04 bits per heavy atom. The number of rotatable bonds is 7. The third-order valence-electron chi connectivity index (χ3n) is 5.57. The van der Waals surface area contributed by atoms with Crippen molar-refractivity contribution >= 4 is 22.8 Å². The first-order chi connectivity index (χ1) is 13.3. The molecule has 0 amide bonds. The highest BCUT2D eigenvalue weighted by Crippen LogP contribution is 2.24. The molecule has 0 saturated carbocycles. The molecule has 3 heteroatoms. The van der Waals surface area contributed by atoms with Gasteiger partial charge in [0, 0.05) is 30.2 Å². The molecule has 1 aliphatic rings. The van der Waals surface area contributed by atoms with Crippen LogP contribution in [0.25, 0.3) is 16.5 Å². The van der Waals surface area contributed by atoms with Crippen molar-refractivity contribution in [3.63, 3.8) is 0 Å². The van der Waals surface area contributed by atoms with Gasteiger partial charge in [-0.2, -0.15) is 0 Å². The zero-order valence-electron chi connectivity index (χ0n) is 15.7. The van der Waals surface area contributed by atoms with Gasteiger partial charge in [0.2, 0.25) is 0 Å².